The molecule has 8 atom stereocenters. The number of carbonyl (C=O) groups is 2. The molecule has 0 aromatic carbocycles. The van der Waals surface area contributed by atoms with E-state index in [-0.39, 0.29) is 23.4 Å². The Bertz CT molecular complexity index is 781. The van der Waals surface area contributed by atoms with Crippen molar-refractivity contribution in [2.45, 2.75) is 81.3 Å². The predicted octanol–water partition coefficient (Wildman–Crippen LogP) is 1.79. The molecule has 1 amide bonds. The van der Waals surface area contributed by atoms with Crippen LogP contribution in [-0.2, 0) is 9.59 Å². The van der Waals surface area contributed by atoms with Crippen LogP contribution in [0.25, 0.3) is 0 Å². The average molecular weight is 433 g/mol. The van der Waals surface area contributed by atoms with Gasteiger partial charge >= 0.3 is 12.1 Å². The highest BCUT2D eigenvalue weighted by Gasteiger charge is 2.62. The standard InChI is InChI=1S/C18H25N3O2.C2HF3O2/c19-8-13-2-12-3-14(12)21(13)16(22)15(20)17-4-10-1-11(5-17)7-18(23,6-10)9-17;3-2(4,5)1(6)7/h10-15,23H,1-7,9,20H2;(H,6,7)/t10-,11+,12-,13+,14+,15-,17?,18?;/m1./s1/i15+2,16+2;. The molecule has 5 saturated carbocycles. The first-order valence-corrected chi connectivity index (χ1v) is 10.4. The number of alkyl halides is 3. The largest absolute Gasteiger partial charge is 0.490 e. The molecule has 1 saturated heterocycles. The van der Waals surface area contributed by atoms with Gasteiger partial charge in [0.15, 0.2) is 0 Å². The van der Waals surface area contributed by atoms with Crippen molar-refractivity contribution in [1.29, 1.82) is 5.26 Å². The van der Waals surface area contributed by atoms with E-state index in [1.165, 1.54) is 6.42 Å². The molecule has 6 fully saturated rings. The Morgan fingerprint density at radius 3 is 2.23 bits per heavy atom. The van der Waals surface area contributed by atoms with Gasteiger partial charge in [0, 0.05) is 6.04 Å². The summed E-state index contributed by atoms with van der Waals surface area (Å²) in [5, 5.41) is 27.4. The van der Waals surface area contributed by atoms with Crippen LogP contribution in [0.1, 0.15) is 51.4 Å². The molecule has 5 aliphatic carbocycles. The first-order chi connectivity index (χ1) is 13.9. The van der Waals surface area contributed by atoms with Gasteiger partial charge in [-0.15, -0.1) is 0 Å². The van der Waals surface area contributed by atoms with Crippen molar-refractivity contribution in [1.82, 2.24) is 4.90 Å². The molecule has 0 radical (unpaired) electrons. The average Bonchev–Trinajstić information content (AvgIpc) is 3.28. The number of aliphatic hydroxyl groups is 1. The number of rotatable bonds is 2. The summed E-state index contributed by atoms with van der Waals surface area (Å²) < 4.78 is 31.7. The lowest BCUT2D eigenvalue weighted by atomic mass is 9.51. The third-order valence-electron chi connectivity index (χ3n) is 7.75. The number of carboxylic acid groups (broad SMARTS) is 1. The number of carboxylic acids is 1. The fourth-order valence-electron chi connectivity index (χ4n) is 6.96. The second kappa shape index (κ2) is 6.82. The van der Waals surface area contributed by atoms with Crippen LogP contribution in [0.4, 0.5) is 13.2 Å². The van der Waals surface area contributed by atoms with Gasteiger partial charge in [-0.1, -0.05) is 0 Å². The van der Waals surface area contributed by atoms with Gasteiger partial charge in [0.1, 0.15) is 6.04 Å². The van der Waals surface area contributed by atoms with E-state index in [0.29, 0.717) is 24.2 Å². The van der Waals surface area contributed by atoms with Gasteiger partial charge in [-0.3, -0.25) is 4.79 Å². The number of nitrogens with zero attached hydrogens (tertiary/aromatic N) is 2. The Hall–Kier alpha value is -1.86. The summed E-state index contributed by atoms with van der Waals surface area (Å²) >= 11 is 0. The zero-order chi connectivity index (χ0) is 22.1. The van der Waals surface area contributed by atoms with Crippen LogP contribution in [0.3, 0.4) is 0 Å². The van der Waals surface area contributed by atoms with Gasteiger partial charge in [-0.25, -0.2) is 4.79 Å². The monoisotopic (exact) mass is 433 g/mol. The van der Waals surface area contributed by atoms with E-state index in [2.05, 4.69) is 6.07 Å². The summed E-state index contributed by atoms with van der Waals surface area (Å²) in [4.78, 5) is 23.8. The highest BCUT2D eigenvalue weighted by atomic mass is 19.4. The van der Waals surface area contributed by atoms with E-state index >= 15 is 0 Å². The summed E-state index contributed by atoms with van der Waals surface area (Å²) in [7, 11) is 0. The molecule has 0 aromatic rings. The van der Waals surface area contributed by atoms with E-state index in [1.807, 2.05) is 0 Å². The fourth-order valence-corrected chi connectivity index (χ4v) is 6.96. The fraction of sp³-hybridized carbons (Fsp3) is 0.850. The maximum atomic E-state index is 13.1. The van der Waals surface area contributed by atoms with E-state index in [9.17, 15) is 28.3 Å². The van der Waals surface area contributed by atoms with Crippen molar-refractivity contribution in [3.8, 4) is 6.07 Å². The molecular formula is C20H26F3N3O4. The number of nitrogens with two attached hydrogens (primary N) is 1. The Kier molecular flexibility index (Phi) is 4.86. The first-order valence-electron chi connectivity index (χ1n) is 10.4. The van der Waals surface area contributed by atoms with Gasteiger partial charge < -0.3 is 20.8 Å². The van der Waals surface area contributed by atoms with Crippen LogP contribution in [-0.4, -0.2) is 56.9 Å². The molecule has 2 unspecified atom stereocenters. The van der Waals surface area contributed by atoms with Crippen LogP contribution in [0.2, 0.25) is 0 Å². The van der Waals surface area contributed by atoms with Crippen molar-refractivity contribution in [2.75, 3.05) is 0 Å². The highest BCUT2D eigenvalue weighted by molar-refractivity contribution is 5.84. The SMILES string of the molecule is N#C[C@@H]1C[C@@H]2C[C@@H]2N1[14C](=O)[14C@@H](N)C12C[C@@H]3C[C@@H](CC(O)(C3)C1)C2.O=C(O)C(F)(F)F. The second-order valence-electron chi connectivity index (χ2n) is 10.0. The number of carbonyl (C=O) groups excluding carboxylic acids is 1. The summed E-state index contributed by atoms with van der Waals surface area (Å²) in [5.41, 5.74) is 5.71. The Morgan fingerprint density at radius 1 is 1.20 bits per heavy atom. The first kappa shape index (κ1) is 21.4. The maximum absolute atomic E-state index is 13.1. The smallest absolute Gasteiger partial charge is 0.475 e. The highest BCUT2D eigenvalue weighted by Crippen LogP contribution is 2.63. The molecule has 0 spiro atoms. The van der Waals surface area contributed by atoms with Crippen molar-refractivity contribution in [3.63, 3.8) is 0 Å². The lowest BCUT2D eigenvalue weighted by molar-refractivity contribution is -0.192. The minimum absolute atomic E-state index is 0.0212. The summed E-state index contributed by atoms with van der Waals surface area (Å²) in [6, 6.07) is 1.72. The number of hydrogen-bond acceptors (Lipinski definition) is 5. The molecule has 6 aliphatic rings. The molecule has 1 aliphatic heterocycles. The minimum Gasteiger partial charge on any atom is -0.475 e. The van der Waals surface area contributed by atoms with E-state index in [1.54, 1.807) is 4.90 Å². The summed E-state index contributed by atoms with van der Waals surface area (Å²) in [5.74, 6) is -1.20. The lowest BCUT2D eigenvalue weighted by Gasteiger charge is -2.61. The third-order valence-corrected chi connectivity index (χ3v) is 7.75. The van der Waals surface area contributed by atoms with Gasteiger partial charge in [0.05, 0.1) is 17.7 Å². The molecule has 0 aromatic heterocycles. The Morgan fingerprint density at radius 2 is 1.77 bits per heavy atom. The maximum Gasteiger partial charge on any atom is 0.490 e. The number of fused-ring (bicyclic) bond motifs is 1. The van der Waals surface area contributed by atoms with Crippen molar-refractivity contribution < 1.29 is 33.0 Å². The number of nitriles is 1. The van der Waals surface area contributed by atoms with E-state index in [0.717, 1.165) is 38.5 Å². The predicted molar refractivity (Wildman–Crippen MR) is 96.5 cm³/mol. The van der Waals surface area contributed by atoms with Crippen molar-refractivity contribution in [3.05, 3.63) is 0 Å². The molecule has 1 heterocycles. The van der Waals surface area contributed by atoms with Crippen LogP contribution in [0, 0.1) is 34.5 Å². The number of halogens is 3. The van der Waals surface area contributed by atoms with Gasteiger partial charge in [0.25, 0.3) is 0 Å². The topological polar surface area (TPSA) is 128 Å². The molecule has 30 heavy (non-hydrogen) atoms. The van der Waals surface area contributed by atoms with Gasteiger partial charge in [-0.2, -0.15) is 18.4 Å². The molecule has 4 N–H and O–H groups in total. The Balaban J connectivity index is 0.000000272. The van der Waals surface area contributed by atoms with Crippen LogP contribution in [0.15, 0.2) is 0 Å². The normalized spacial score (nSPS) is 43.9. The third kappa shape index (κ3) is 3.56. The van der Waals surface area contributed by atoms with E-state index in [4.69, 9.17) is 15.6 Å². The molecule has 166 valence electrons. The van der Waals surface area contributed by atoms with Crippen molar-refractivity contribution in [2.24, 2.45) is 28.9 Å². The molecule has 7 nitrogen and oxygen atoms in total. The van der Waals surface area contributed by atoms with Crippen LogP contribution >= 0.6 is 0 Å². The summed E-state index contributed by atoms with van der Waals surface area (Å²) in [6.45, 7) is 0. The number of hydrogen-bond donors (Lipinski definition) is 3. The van der Waals surface area contributed by atoms with Gasteiger partial charge in [-0.05, 0) is 74.5 Å². The zero-order valence-electron chi connectivity index (χ0n) is 16.4. The number of likely N-dealkylation sites (tertiary alicyclic amines) is 1. The molecular weight excluding hydrogens is 407 g/mol. The van der Waals surface area contributed by atoms with Gasteiger partial charge in [0.2, 0.25) is 5.91 Å². The Labute approximate surface area is 172 Å². The lowest BCUT2D eigenvalue weighted by Crippen LogP contribution is -2.64. The van der Waals surface area contributed by atoms with E-state index < -0.39 is 23.8 Å². The second-order valence-corrected chi connectivity index (χ2v) is 10.0. The van der Waals surface area contributed by atoms with Crippen LogP contribution < -0.4 is 5.73 Å². The number of piperidine rings is 1. The van der Waals surface area contributed by atoms with Crippen molar-refractivity contribution >= 4 is 11.9 Å². The van der Waals surface area contributed by atoms with Crippen LogP contribution in [0.5, 0.6) is 0 Å². The number of amides is 1. The zero-order valence-corrected chi connectivity index (χ0v) is 16.4. The molecule has 10 heteroatoms. The summed E-state index contributed by atoms with van der Waals surface area (Å²) in [6.07, 6.45) is 2.40. The minimum atomic E-state index is -5.08. The number of aliphatic carboxylic acids is 1. The molecule has 4 bridgehead atoms. The quantitative estimate of drug-likeness (QED) is 0.609. The molecule has 6 rings (SSSR count).